The number of urea groups is 1. The SMILES string of the molecule is C[C@H](NC(=O)N1CCC(NS(C)(=O)=O)CC1)c1nnc(N)s1. The monoisotopic (exact) mass is 348 g/mol. The lowest BCUT2D eigenvalue weighted by molar-refractivity contribution is 0.177. The number of carbonyl (C=O) groups is 1. The van der Waals surface area contributed by atoms with Crippen LogP contribution in [0.1, 0.15) is 30.8 Å². The van der Waals surface area contributed by atoms with Crippen molar-refractivity contribution < 1.29 is 13.2 Å². The van der Waals surface area contributed by atoms with Gasteiger partial charge in [-0.1, -0.05) is 11.3 Å². The highest BCUT2D eigenvalue weighted by Crippen LogP contribution is 2.19. The van der Waals surface area contributed by atoms with E-state index in [-0.39, 0.29) is 18.1 Å². The molecule has 9 nitrogen and oxygen atoms in total. The molecular formula is C11H20N6O3S2. The number of aromatic nitrogens is 2. The number of rotatable bonds is 4. The van der Waals surface area contributed by atoms with Crippen LogP contribution in [0.2, 0.25) is 0 Å². The molecule has 2 amide bonds. The van der Waals surface area contributed by atoms with Crippen molar-refractivity contribution in [3.05, 3.63) is 5.01 Å². The molecule has 0 aliphatic carbocycles. The van der Waals surface area contributed by atoms with Crippen LogP contribution in [0.3, 0.4) is 0 Å². The summed E-state index contributed by atoms with van der Waals surface area (Å²) < 4.78 is 25.0. The summed E-state index contributed by atoms with van der Waals surface area (Å²) in [6, 6.07) is -0.576. The number of nitrogens with one attached hydrogen (secondary N) is 2. The van der Waals surface area contributed by atoms with Crippen molar-refractivity contribution in [3.63, 3.8) is 0 Å². The summed E-state index contributed by atoms with van der Waals surface area (Å²) in [6.45, 7) is 2.82. The minimum absolute atomic E-state index is 0.112. The molecule has 1 aromatic rings. The fraction of sp³-hybridized carbons (Fsp3) is 0.727. The predicted molar refractivity (Wildman–Crippen MR) is 83.8 cm³/mol. The maximum absolute atomic E-state index is 12.2. The van der Waals surface area contributed by atoms with Gasteiger partial charge in [-0.25, -0.2) is 17.9 Å². The number of nitrogens with zero attached hydrogens (tertiary/aromatic N) is 3. The minimum Gasteiger partial charge on any atom is -0.374 e. The fourth-order valence-corrected chi connectivity index (χ4v) is 3.72. The Kier molecular flexibility index (Phi) is 5.19. The Balaban J connectivity index is 1.82. The van der Waals surface area contributed by atoms with Crippen LogP contribution in [0.25, 0.3) is 0 Å². The van der Waals surface area contributed by atoms with Gasteiger partial charge in [0.25, 0.3) is 0 Å². The number of likely N-dealkylation sites (tertiary alicyclic amines) is 1. The average molecular weight is 348 g/mol. The maximum atomic E-state index is 12.2. The number of sulfonamides is 1. The van der Waals surface area contributed by atoms with Gasteiger partial charge in [-0.15, -0.1) is 10.2 Å². The second kappa shape index (κ2) is 6.75. The molecule has 1 saturated heterocycles. The number of hydrogen-bond donors (Lipinski definition) is 3. The van der Waals surface area contributed by atoms with Gasteiger partial charge >= 0.3 is 6.03 Å². The van der Waals surface area contributed by atoms with E-state index in [2.05, 4.69) is 20.2 Å². The molecule has 1 fully saturated rings. The van der Waals surface area contributed by atoms with Gasteiger partial charge in [-0.05, 0) is 19.8 Å². The van der Waals surface area contributed by atoms with Crippen molar-refractivity contribution in [2.45, 2.75) is 31.8 Å². The molecular weight excluding hydrogens is 328 g/mol. The first-order valence-corrected chi connectivity index (χ1v) is 9.57. The molecule has 2 rings (SSSR count). The Bertz CT molecular complexity index is 624. The molecule has 2 heterocycles. The zero-order valence-corrected chi connectivity index (χ0v) is 14.1. The summed E-state index contributed by atoms with van der Waals surface area (Å²) in [5.41, 5.74) is 5.52. The first-order valence-electron chi connectivity index (χ1n) is 6.86. The first-order chi connectivity index (χ1) is 10.2. The lowest BCUT2D eigenvalue weighted by atomic mass is 10.1. The van der Waals surface area contributed by atoms with E-state index in [0.29, 0.717) is 36.1 Å². The van der Waals surface area contributed by atoms with E-state index in [4.69, 9.17) is 5.73 Å². The van der Waals surface area contributed by atoms with E-state index >= 15 is 0 Å². The maximum Gasteiger partial charge on any atom is 0.317 e. The van der Waals surface area contributed by atoms with Crippen LogP contribution in [0.5, 0.6) is 0 Å². The summed E-state index contributed by atoms with van der Waals surface area (Å²) in [4.78, 5) is 13.8. The van der Waals surface area contributed by atoms with Crippen LogP contribution in [-0.4, -0.2) is 54.9 Å². The minimum atomic E-state index is -3.21. The number of hydrogen-bond acceptors (Lipinski definition) is 7. The molecule has 0 radical (unpaired) electrons. The van der Waals surface area contributed by atoms with Gasteiger partial charge in [-0.2, -0.15) is 0 Å². The molecule has 11 heteroatoms. The second-order valence-corrected chi connectivity index (χ2v) is 8.12. The smallest absolute Gasteiger partial charge is 0.317 e. The summed E-state index contributed by atoms with van der Waals surface area (Å²) in [7, 11) is -3.21. The average Bonchev–Trinajstić information content (AvgIpc) is 2.84. The van der Waals surface area contributed by atoms with E-state index < -0.39 is 10.0 Å². The molecule has 0 aromatic carbocycles. The zero-order valence-electron chi connectivity index (χ0n) is 12.4. The fourth-order valence-electron chi connectivity index (χ4n) is 2.26. The molecule has 124 valence electrons. The lowest BCUT2D eigenvalue weighted by Gasteiger charge is -2.32. The Morgan fingerprint density at radius 1 is 1.41 bits per heavy atom. The topological polar surface area (TPSA) is 130 Å². The Morgan fingerprint density at radius 3 is 2.55 bits per heavy atom. The van der Waals surface area contributed by atoms with Crippen molar-refractivity contribution in [2.75, 3.05) is 25.1 Å². The van der Waals surface area contributed by atoms with E-state index in [1.807, 2.05) is 6.92 Å². The van der Waals surface area contributed by atoms with Crippen molar-refractivity contribution in [2.24, 2.45) is 0 Å². The summed E-state index contributed by atoms with van der Waals surface area (Å²) in [5, 5.41) is 11.5. The summed E-state index contributed by atoms with van der Waals surface area (Å²) in [6.07, 6.45) is 2.34. The predicted octanol–water partition coefficient (Wildman–Crippen LogP) is -0.0955. The molecule has 1 aliphatic rings. The zero-order chi connectivity index (χ0) is 16.3. The molecule has 4 N–H and O–H groups in total. The largest absolute Gasteiger partial charge is 0.374 e. The molecule has 1 atom stereocenters. The van der Waals surface area contributed by atoms with Crippen LogP contribution < -0.4 is 15.8 Å². The number of carbonyl (C=O) groups excluding carboxylic acids is 1. The molecule has 0 bridgehead atoms. The van der Waals surface area contributed by atoms with Gasteiger partial charge in [0.05, 0.1) is 12.3 Å². The number of anilines is 1. The van der Waals surface area contributed by atoms with Gasteiger partial charge in [0.15, 0.2) is 0 Å². The summed E-state index contributed by atoms with van der Waals surface area (Å²) >= 11 is 1.24. The van der Waals surface area contributed by atoms with Crippen molar-refractivity contribution in [3.8, 4) is 0 Å². The van der Waals surface area contributed by atoms with Gasteiger partial charge < -0.3 is 16.0 Å². The van der Waals surface area contributed by atoms with Gasteiger partial charge in [0, 0.05) is 19.1 Å². The molecule has 0 spiro atoms. The van der Waals surface area contributed by atoms with E-state index in [1.54, 1.807) is 4.90 Å². The number of piperidine rings is 1. The lowest BCUT2D eigenvalue weighted by Crippen LogP contribution is -2.49. The van der Waals surface area contributed by atoms with Crippen LogP contribution in [0.4, 0.5) is 9.93 Å². The molecule has 1 aromatic heterocycles. The summed E-state index contributed by atoms with van der Waals surface area (Å²) in [5.74, 6) is 0. The van der Waals surface area contributed by atoms with Crippen molar-refractivity contribution >= 4 is 32.5 Å². The van der Waals surface area contributed by atoms with E-state index in [9.17, 15) is 13.2 Å². The van der Waals surface area contributed by atoms with Crippen LogP contribution in [0, 0.1) is 0 Å². The Morgan fingerprint density at radius 2 is 2.05 bits per heavy atom. The molecule has 22 heavy (non-hydrogen) atoms. The van der Waals surface area contributed by atoms with Gasteiger partial charge in [-0.3, -0.25) is 0 Å². The number of nitrogens with two attached hydrogens (primary N) is 1. The van der Waals surface area contributed by atoms with Crippen LogP contribution in [0.15, 0.2) is 0 Å². The van der Waals surface area contributed by atoms with Crippen molar-refractivity contribution in [1.82, 2.24) is 25.1 Å². The highest BCUT2D eigenvalue weighted by atomic mass is 32.2. The van der Waals surface area contributed by atoms with E-state index in [1.165, 1.54) is 11.3 Å². The highest BCUT2D eigenvalue weighted by molar-refractivity contribution is 7.88. The molecule has 1 aliphatic heterocycles. The van der Waals surface area contributed by atoms with Crippen LogP contribution >= 0.6 is 11.3 Å². The van der Waals surface area contributed by atoms with Crippen LogP contribution in [-0.2, 0) is 10.0 Å². The first kappa shape index (κ1) is 16.9. The third kappa shape index (κ3) is 4.78. The molecule has 0 saturated carbocycles. The molecule has 0 unspecified atom stereocenters. The van der Waals surface area contributed by atoms with Gasteiger partial charge in [0.2, 0.25) is 15.2 Å². The van der Waals surface area contributed by atoms with E-state index in [0.717, 1.165) is 6.26 Å². The van der Waals surface area contributed by atoms with Crippen molar-refractivity contribution in [1.29, 1.82) is 0 Å². The Labute approximate surface area is 133 Å². The third-order valence-corrected chi connectivity index (χ3v) is 5.03. The standard InChI is InChI=1S/C11H20N6O3S2/c1-7(9-14-15-10(12)21-9)13-11(18)17-5-3-8(4-6-17)16-22(2,19)20/h7-8,16H,3-6H2,1-2H3,(H2,12,15)(H,13,18)/t7-/m0/s1. The second-order valence-electron chi connectivity index (χ2n) is 5.30. The third-order valence-electron chi connectivity index (χ3n) is 3.33. The highest BCUT2D eigenvalue weighted by Gasteiger charge is 2.25. The number of amides is 2. The Hall–Kier alpha value is -1.46. The quantitative estimate of drug-likeness (QED) is 0.697. The normalized spacial score (nSPS) is 18.2. The number of nitrogen functional groups attached to an aromatic ring is 1. The van der Waals surface area contributed by atoms with Gasteiger partial charge in [0.1, 0.15) is 5.01 Å².